The lowest BCUT2D eigenvalue weighted by Crippen LogP contribution is -2.66. The molecule has 0 saturated heterocycles. The van der Waals surface area contributed by atoms with Gasteiger partial charge in [0.1, 0.15) is 12.2 Å². The lowest BCUT2D eigenvalue weighted by Gasteiger charge is -2.72. The molecule has 0 amide bonds. The van der Waals surface area contributed by atoms with Crippen LogP contribution in [0.15, 0.2) is 23.5 Å². The highest BCUT2D eigenvalue weighted by atomic mass is 19.1. The predicted octanol–water partition coefficient (Wildman–Crippen LogP) is 7.26. The second-order valence-corrected chi connectivity index (χ2v) is 20.5. The number of halogens is 1. The van der Waals surface area contributed by atoms with Crippen LogP contribution in [-0.4, -0.2) is 65.3 Å². The Morgan fingerprint density at radius 1 is 0.982 bits per heavy atom. The van der Waals surface area contributed by atoms with Crippen molar-refractivity contribution >= 4 is 17.7 Å². The molecule has 0 spiro atoms. The number of carboxylic acid groups (broad SMARTS) is 1. The first kappa shape index (κ1) is 41.6. The normalized spacial score (nSPS) is 35.3. The summed E-state index contributed by atoms with van der Waals surface area (Å²) >= 11 is 0. The molecule has 5 aliphatic carbocycles. The number of nitrogens with two attached hydrogens (primary N) is 1. The van der Waals surface area contributed by atoms with Crippen LogP contribution in [0.25, 0.3) is 11.6 Å². The molecule has 4 fully saturated rings. The Bertz CT molecular complexity index is 1980. The Morgan fingerprint density at radius 3 is 2.30 bits per heavy atom. The van der Waals surface area contributed by atoms with Gasteiger partial charge in [0.15, 0.2) is 23.2 Å². The Balaban J connectivity index is 1.22. The summed E-state index contributed by atoms with van der Waals surface area (Å²) in [6, 6.07) is 0. The van der Waals surface area contributed by atoms with Crippen molar-refractivity contribution in [2.24, 2.45) is 61.9 Å². The van der Waals surface area contributed by atoms with Gasteiger partial charge in [0.25, 0.3) is 0 Å². The summed E-state index contributed by atoms with van der Waals surface area (Å²) in [4.78, 5) is 47.5. The molecule has 2 heterocycles. The number of hydrogen-bond acceptors (Lipinski definition) is 10. The van der Waals surface area contributed by atoms with Crippen LogP contribution in [0.1, 0.15) is 138 Å². The van der Waals surface area contributed by atoms with E-state index in [2.05, 4.69) is 68.6 Å². The van der Waals surface area contributed by atoms with Crippen molar-refractivity contribution in [3.63, 3.8) is 0 Å². The molecule has 9 atom stereocenters. The second-order valence-electron chi connectivity index (χ2n) is 20.5. The molecule has 0 radical (unpaired) electrons. The zero-order chi connectivity index (χ0) is 41.7. The van der Waals surface area contributed by atoms with E-state index in [-0.39, 0.29) is 77.1 Å². The van der Waals surface area contributed by atoms with Gasteiger partial charge in [0, 0.05) is 30.3 Å². The van der Waals surface area contributed by atoms with Crippen molar-refractivity contribution in [1.29, 1.82) is 0 Å². The van der Waals surface area contributed by atoms with E-state index in [1.54, 1.807) is 18.4 Å². The summed E-state index contributed by atoms with van der Waals surface area (Å²) in [5, 5.41) is 31.3. The number of aliphatic carboxylic acids is 1. The fraction of sp³-hybridized carbons (Fsp3) is 0.750. The third-order valence-electron chi connectivity index (χ3n) is 16.6. The Kier molecular flexibility index (Phi) is 10.2. The number of carboxylic acids is 1. The van der Waals surface area contributed by atoms with Crippen LogP contribution < -0.4 is 5.73 Å². The number of carbonyl (C=O) groups is 3. The van der Waals surface area contributed by atoms with Gasteiger partial charge in [0.2, 0.25) is 5.82 Å². The fourth-order valence-electron chi connectivity index (χ4n) is 13.5. The standard InChI is InChI=1S/C44H63FN6O6/c1-24(2)32-27(52)20-44(34(54)36-49-50-37(51(36)19-18-46)35-47-22-25(45)23-48-35)17-16-42(8)26(33(32)44)10-11-29-41(7)14-13-30(57-31(53)21-39(3,4)38(55)56)40(5,6)28(41)12-15-43(29,42)9/h22-24,26,28-30,34,54H,10-21,46H2,1-9H3,(H,55,56)/t26-,28+,29-,30+,34+,41+,42-,43-,44-/m1/s1. The van der Waals surface area contributed by atoms with E-state index in [0.717, 1.165) is 68.5 Å². The Labute approximate surface area is 336 Å². The fourth-order valence-corrected chi connectivity index (χ4v) is 13.5. The predicted molar refractivity (Wildman–Crippen MR) is 210 cm³/mol. The zero-order valence-electron chi connectivity index (χ0n) is 35.3. The lowest BCUT2D eigenvalue weighted by atomic mass is 9.33. The summed E-state index contributed by atoms with van der Waals surface area (Å²) in [5.41, 5.74) is 5.46. The maximum Gasteiger partial charge on any atom is 0.309 e. The number of esters is 1. The number of aliphatic hydroxyl groups is 1. The van der Waals surface area contributed by atoms with Crippen LogP contribution in [0.3, 0.4) is 0 Å². The minimum atomic E-state index is -1.20. The summed E-state index contributed by atoms with van der Waals surface area (Å²) in [7, 11) is 0. The van der Waals surface area contributed by atoms with Gasteiger partial charge in [-0.05, 0) is 116 Å². The summed E-state index contributed by atoms with van der Waals surface area (Å²) in [5.74, 6) is -0.386. The minimum absolute atomic E-state index is 0.0139. The lowest BCUT2D eigenvalue weighted by molar-refractivity contribution is -0.235. The molecule has 0 aliphatic heterocycles. The molecular formula is C44H63FN6O6. The van der Waals surface area contributed by atoms with Crippen LogP contribution in [0.2, 0.25) is 0 Å². The van der Waals surface area contributed by atoms with Crippen molar-refractivity contribution in [2.75, 3.05) is 6.54 Å². The smallest absolute Gasteiger partial charge is 0.309 e. The maximum absolute atomic E-state index is 14.3. The summed E-state index contributed by atoms with van der Waals surface area (Å²) in [6.45, 7) is 19.7. The molecule has 12 nitrogen and oxygen atoms in total. The third-order valence-corrected chi connectivity index (χ3v) is 16.6. The molecular weight excluding hydrogens is 728 g/mol. The molecule has 2 aromatic rings. The monoisotopic (exact) mass is 790 g/mol. The van der Waals surface area contributed by atoms with E-state index >= 15 is 0 Å². The molecule has 7 rings (SSSR count). The molecule has 0 unspecified atom stereocenters. The molecule has 2 aromatic heterocycles. The van der Waals surface area contributed by atoms with E-state index in [0.29, 0.717) is 29.9 Å². The maximum atomic E-state index is 14.3. The highest BCUT2D eigenvalue weighted by Crippen LogP contribution is 2.77. The molecule has 57 heavy (non-hydrogen) atoms. The van der Waals surface area contributed by atoms with Gasteiger partial charge in [0.05, 0.1) is 24.2 Å². The van der Waals surface area contributed by atoms with Crippen molar-refractivity contribution in [2.45, 2.75) is 145 Å². The van der Waals surface area contributed by atoms with Crippen LogP contribution in [0, 0.1) is 62.0 Å². The largest absolute Gasteiger partial charge is 0.481 e. The number of rotatable bonds is 10. The number of nitrogens with zero attached hydrogens (tertiary/aromatic N) is 5. The molecule has 4 saturated carbocycles. The SMILES string of the molecule is CC(C)C1=C2[C@H]3CC[C@@H]4[C@@]5(C)CC[C@H](OC(=O)CC(C)(C)C(=O)O)C(C)(C)[C@@H]5CC[C@@]4(C)[C@]3(C)CC[C@@]2([C@@H](O)c2nnc(-c3ncc(F)cn3)n2CCN)CC1=O. The van der Waals surface area contributed by atoms with Crippen molar-refractivity contribution < 1.29 is 33.7 Å². The van der Waals surface area contributed by atoms with Crippen molar-refractivity contribution in [3.05, 3.63) is 35.2 Å². The van der Waals surface area contributed by atoms with E-state index in [4.69, 9.17) is 10.5 Å². The average molecular weight is 791 g/mol. The number of allylic oxidation sites excluding steroid dienone is 1. The van der Waals surface area contributed by atoms with Crippen LogP contribution >= 0.6 is 0 Å². The quantitative estimate of drug-likeness (QED) is 0.206. The first-order valence-electron chi connectivity index (χ1n) is 21.1. The number of aliphatic hydroxyl groups excluding tert-OH is 1. The van der Waals surface area contributed by atoms with Gasteiger partial charge < -0.3 is 25.3 Å². The number of Topliss-reactive ketones (excluding diaryl/α,β-unsaturated/α-hetero) is 1. The third kappa shape index (κ3) is 6.13. The van der Waals surface area contributed by atoms with Crippen molar-refractivity contribution in [1.82, 2.24) is 24.7 Å². The van der Waals surface area contributed by atoms with E-state index in [9.17, 15) is 29.0 Å². The number of carbonyl (C=O) groups excluding carboxylic acids is 2. The Morgan fingerprint density at radius 2 is 1.67 bits per heavy atom. The molecule has 4 N–H and O–H groups in total. The molecule has 0 aromatic carbocycles. The molecule has 13 heteroatoms. The van der Waals surface area contributed by atoms with Crippen LogP contribution in [0.4, 0.5) is 4.39 Å². The first-order chi connectivity index (χ1) is 26.6. The van der Waals surface area contributed by atoms with E-state index in [1.807, 2.05) is 0 Å². The minimum Gasteiger partial charge on any atom is -0.481 e. The van der Waals surface area contributed by atoms with Gasteiger partial charge in [-0.2, -0.15) is 0 Å². The van der Waals surface area contributed by atoms with Gasteiger partial charge in [-0.3, -0.25) is 14.4 Å². The van der Waals surface area contributed by atoms with Crippen LogP contribution in [-0.2, 0) is 25.7 Å². The number of hydrogen-bond donors (Lipinski definition) is 3. The number of ether oxygens (including phenoxy) is 1. The molecule has 312 valence electrons. The topological polar surface area (TPSA) is 183 Å². The van der Waals surface area contributed by atoms with Crippen molar-refractivity contribution in [3.8, 4) is 11.6 Å². The highest BCUT2D eigenvalue weighted by molar-refractivity contribution is 6.00. The van der Waals surface area contributed by atoms with E-state index in [1.165, 1.54) is 0 Å². The van der Waals surface area contributed by atoms with Crippen LogP contribution in [0.5, 0.6) is 0 Å². The summed E-state index contributed by atoms with van der Waals surface area (Å²) < 4.78 is 21.7. The van der Waals surface area contributed by atoms with Gasteiger partial charge in [-0.25, -0.2) is 14.4 Å². The average Bonchev–Trinajstić information content (AvgIpc) is 3.68. The second kappa shape index (κ2) is 14.0. The molecule has 5 aliphatic rings. The number of fused-ring (bicyclic) bond motifs is 7. The number of aromatic nitrogens is 5. The van der Waals surface area contributed by atoms with Gasteiger partial charge in [-0.15, -0.1) is 10.2 Å². The highest BCUT2D eigenvalue weighted by Gasteiger charge is 2.71. The zero-order valence-corrected chi connectivity index (χ0v) is 35.3. The van der Waals surface area contributed by atoms with Gasteiger partial charge in [-0.1, -0.05) is 48.5 Å². The molecule has 0 bridgehead atoms. The van der Waals surface area contributed by atoms with E-state index < -0.39 is 34.7 Å². The summed E-state index contributed by atoms with van der Waals surface area (Å²) in [6.07, 6.45) is 7.74. The Hall–Kier alpha value is -3.58. The number of ketones is 1. The van der Waals surface area contributed by atoms with Gasteiger partial charge >= 0.3 is 11.9 Å². The first-order valence-corrected chi connectivity index (χ1v) is 21.1.